The third-order valence-corrected chi connectivity index (χ3v) is 5.94. The Hall–Kier alpha value is -3.92. The molecule has 1 aromatic carbocycles. The van der Waals surface area contributed by atoms with Gasteiger partial charge in [-0.1, -0.05) is 0 Å². The fraction of sp³-hybridized carbons (Fsp3) is 0.280. The number of nitriles is 1. The second kappa shape index (κ2) is 7.97. The molecule has 0 fully saturated rings. The van der Waals surface area contributed by atoms with Gasteiger partial charge in [0.2, 0.25) is 0 Å². The zero-order chi connectivity index (χ0) is 22.2. The maximum absolute atomic E-state index is 9.39. The van der Waals surface area contributed by atoms with E-state index in [1.54, 1.807) is 19.5 Å². The maximum atomic E-state index is 9.39. The van der Waals surface area contributed by atoms with Crippen molar-refractivity contribution in [3.63, 3.8) is 0 Å². The molecule has 3 heterocycles. The van der Waals surface area contributed by atoms with Crippen molar-refractivity contribution in [2.75, 3.05) is 7.11 Å². The summed E-state index contributed by atoms with van der Waals surface area (Å²) < 4.78 is 14.0. The summed E-state index contributed by atoms with van der Waals surface area (Å²) >= 11 is 0. The Morgan fingerprint density at radius 1 is 1.16 bits per heavy atom. The minimum absolute atomic E-state index is 0.198. The molecule has 0 amide bonds. The largest absolute Gasteiger partial charge is 0.495 e. The van der Waals surface area contributed by atoms with Crippen LogP contribution in [0.4, 0.5) is 0 Å². The maximum Gasteiger partial charge on any atom is 0.143 e. The van der Waals surface area contributed by atoms with Crippen LogP contribution in [0.1, 0.15) is 47.0 Å². The van der Waals surface area contributed by atoms with Crippen LogP contribution in [0, 0.1) is 25.2 Å². The van der Waals surface area contributed by atoms with Crippen molar-refractivity contribution in [2.45, 2.75) is 39.2 Å². The van der Waals surface area contributed by atoms with Crippen molar-refractivity contribution in [1.82, 2.24) is 19.7 Å². The summed E-state index contributed by atoms with van der Waals surface area (Å²) in [6, 6.07) is 10.3. The lowest BCUT2D eigenvalue weighted by Crippen LogP contribution is -2.19. The van der Waals surface area contributed by atoms with Crippen LogP contribution in [-0.2, 0) is 6.42 Å². The van der Waals surface area contributed by atoms with E-state index in [2.05, 4.69) is 27.2 Å². The van der Waals surface area contributed by atoms with E-state index < -0.39 is 0 Å². The molecule has 7 nitrogen and oxygen atoms in total. The molecule has 3 aromatic heterocycles. The van der Waals surface area contributed by atoms with Crippen molar-refractivity contribution in [1.29, 1.82) is 5.26 Å². The van der Waals surface area contributed by atoms with Gasteiger partial charge in [-0.25, -0.2) is 4.68 Å². The number of nitrogens with zero attached hydrogens (tertiary/aromatic N) is 5. The molecule has 0 radical (unpaired) electrons. The Kier molecular flexibility index (Phi) is 4.98. The summed E-state index contributed by atoms with van der Waals surface area (Å²) in [5.74, 6) is 1.41. The lowest BCUT2D eigenvalue weighted by Gasteiger charge is -2.27. The Morgan fingerprint density at radius 3 is 2.81 bits per heavy atom. The molecule has 4 aromatic rings. The molecule has 0 aliphatic heterocycles. The summed E-state index contributed by atoms with van der Waals surface area (Å²) in [4.78, 5) is 8.86. The van der Waals surface area contributed by atoms with Crippen molar-refractivity contribution < 1.29 is 9.47 Å². The summed E-state index contributed by atoms with van der Waals surface area (Å²) in [5.41, 5.74) is 6.18. The number of ether oxygens (including phenoxy) is 2. The Morgan fingerprint density at radius 2 is 2.03 bits per heavy atom. The van der Waals surface area contributed by atoms with Gasteiger partial charge in [0.05, 0.1) is 30.2 Å². The molecule has 0 N–H and O–H groups in total. The number of fused-ring (bicyclic) bond motifs is 2. The highest BCUT2D eigenvalue weighted by molar-refractivity contribution is 5.83. The Labute approximate surface area is 186 Å². The molecule has 0 saturated heterocycles. The fourth-order valence-corrected chi connectivity index (χ4v) is 4.41. The van der Waals surface area contributed by atoms with Gasteiger partial charge in [0, 0.05) is 35.1 Å². The molecule has 0 bridgehead atoms. The number of rotatable bonds is 4. The number of methoxy groups -OCH3 is 1. The van der Waals surface area contributed by atoms with E-state index in [1.807, 2.05) is 42.9 Å². The van der Waals surface area contributed by atoms with E-state index in [0.29, 0.717) is 11.3 Å². The van der Waals surface area contributed by atoms with E-state index in [-0.39, 0.29) is 6.10 Å². The quantitative estimate of drug-likeness (QED) is 0.468. The van der Waals surface area contributed by atoms with Crippen LogP contribution < -0.4 is 9.47 Å². The van der Waals surface area contributed by atoms with Gasteiger partial charge in [0.25, 0.3) is 0 Å². The standard InChI is InChI=1S/C25H23N5O2/c1-15-9-17-14-29-30(19-7-8-27-16(2)10-19)21(17)11-23(15)32-22-6-4-5-20-24(22)28-13-18(12-26)25(20)31-3/h7-11,13-14,22H,4-6H2,1-3H3/t22-/m1/s1. The normalized spacial score (nSPS) is 15.2. The predicted molar refractivity (Wildman–Crippen MR) is 120 cm³/mol. The summed E-state index contributed by atoms with van der Waals surface area (Å²) in [7, 11) is 1.60. The first-order chi connectivity index (χ1) is 15.6. The van der Waals surface area contributed by atoms with Crippen LogP contribution in [-0.4, -0.2) is 26.9 Å². The minimum Gasteiger partial charge on any atom is -0.495 e. The number of benzene rings is 1. The third kappa shape index (κ3) is 3.34. The van der Waals surface area contributed by atoms with Gasteiger partial charge < -0.3 is 9.47 Å². The van der Waals surface area contributed by atoms with Crippen LogP contribution in [0.25, 0.3) is 16.6 Å². The van der Waals surface area contributed by atoms with Crippen LogP contribution >= 0.6 is 0 Å². The lowest BCUT2D eigenvalue weighted by molar-refractivity contribution is 0.176. The van der Waals surface area contributed by atoms with E-state index in [9.17, 15) is 5.26 Å². The molecule has 32 heavy (non-hydrogen) atoms. The van der Waals surface area contributed by atoms with Gasteiger partial charge in [-0.2, -0.15) is 10.4 Å². The highest BCUT2D eigenvalue weighted by Gasteiger charge is 2.28. The van der Waals surface area contributed by atoms with Crippen molar-refractivity contribution in [3.8, 4) is 23.3 Å². The van der Waals surface area contributed by atoms with Crippen LogP contribution in [0.15, 0.2) is 42.9 Å². The Balaban J connectivity index is 1.55. The molecule has 0 unspecified atom stereocenters. The van der Waals surface area contributed by atoms with E-state index >= 15 is 0 Å². The Bertz CT molecular complexity index is 1370. The molecular weight excluding hydrogens is 402 g/mol. The first kappa shape index (κ1) is 20.0. The molecular formula is C25H23N5O2. The first-order valence-corrected chi connectivity index (χ1v) is 10.6. The van der Waals surface area contributed by atoms with E-state index in [0.717, 1.165) is 64.1 Å². The zero-order valence-electron chi connectivity index (χ0n) is 18.3. The number of hydrogen-bond acceptors (Lipinski definition) is 6. The second-order valence-electron chi connectivity index (χ2n) is 8.07. The zero-order valence-corrected chi connectivity index (χ0v) is 18.3. The molecule has 7 heteroatoms. The van der Waals surface area contributed by atoms with Gasteiger partial charge in [0.1, 0.15) is 29.2 Å². The number of aryl methyl sites for hydroxylation is 2. The molecule has 5 rings (SSSR count). The van der Waals surface area contributed by atoms with Gasteiger partial charge in [-0.15, -0.1) is 0 Å². The second-order valence-corrected chi connectivity index (χ2v) is 8.07. The van der Waals surface area contributed by atoms with E-state index in [1.165, 1.54) is 0 Å². The average molecular weight is 425 g/mol. The lowest BCUT2D eigenvalue weighted by atomic mass is 9.91. The van der Waals surface area contributed by atoms with Crippen molar-refractivity contribution in [3.05, 3.63) is 70.9 Å². The SMILES string of the molecule is COc1c(C#N)cnc2c1CCC[C@H]2Oc1cc2c(cnn2-c2ccnc(C)c2)cc1C. The monoisotopic (exact) mass is 425 g/mol. The molecule has 160 valence electrons. The van der Waals surface area contributed by atoms with E-state index in [4.69, 9.17) is 9.47 Å². The average Bonchev–Trinajstić information content (AvgIpc) is 3.21. The van der Waals surface area contributed by atoms with Crippen LogP contribution in [0.5, 0.6) is 11.5 Å². The number of pyridine rings is 2. The topological polar surface area (TPSA) is 85.9 Å². The van der Waals surface area contributed by atoms with Crippen LogP contribution in [0.2, 0.25) is 0 Å². The number of hydrogen-bond donors (Lipinski definition) is 0. The molecule has 0 spiro atoms. The predicted octanol–water partition coefficient (Wildman–Crippen LogP) is 4.77. The van der Waals surface area contributed by atoms with Gasteiger partial charge in [-0.05, 0) is 56.9 Å². The highest BCUT2D eigenvalue weighted by atomic mass is 16.5. The fourth-order valence-electron chi connectivity index (χ4n) is 4.41. The molecule has 0 saturated carbocycles. The summed E-state index contributed by atoms with van der Waals surface area (Å²) in [6.07, 6.45) is 7.67. The van der Waals surface area contributed by atoms with Gasteiger partial charge in [-0.3, -0.25) is 9.97 Å². The first-order valence-electron chi connectivity index (χ1n) is 10.6. The summed E-state index contributed by atoms with van der Waals surface area (Å²) in [6.45, 7) is 4.01. The molecule has 1 aliphatic rings. The minimum atomic E-state index is -0.198. The van der Waals surface area contributed by atoms with Gasteiger partial charge >= 0.3 is 0 Å². The van der Waals surface area contributed by atoms with Gasteiger partial charge in [0.15, 0.2) is 0 Å². The van der Waals surface area contributed by atoms with Crippen LogP contribution in [0.3, 0.4) is 0 Å². The third-order valence-electron chi connectivity index (χ3n) is 5.94. The van der Waals surface area contributed by atoms with Crippen molar-refractivity contribution in [2.24, 2.45) is 0 Å². The highest BCUT2D eigenvalue weighted by Crippen LogP contribution is 2.39. The molecule has 1 aliphatic carbocycles. The molecule has 1 atom stereocenters. The smallest absolute Gasteiger partial charge is 0.143 e. The van der Waals surface area contributed by atoms with Crippen molar-refractivity contribution >= 4 is 10.9 Å². The number of aromatic nitrogens is 4. The summed E-state index contributed by atoms with van der Waals surface area (Å²) in [5, 5.41) is 15.0.